The van der Waals surface area contributed by atoms with Crippen LogP contribution in [0.1, 0.15) is 26.2 Å². The molecule has 0 saturated carbocycles. The maximum absolute atomic E-state index is 9.90. The van der Waals surface area contributed by atoms with E-state index >= 15 is 0 Å². The van der Waals surface area contributed by atoms with Gasteiger partial charge in [-0.05, 0) is 42.8 Å². The highest BCUT2D eigenvalue weighted by molar-refractivity contribution is 7.98. The fourth-order valence-electron chi connectivity index (χ4n) is 2.33. The summed E-state index contributed by atoms with van der Waals surface area (Å²) in [6.07, 6.45) is 8.94. The van der Waals surface area contributed by atoms with Crippen LogP contribution in [0.4, 0.5) is 11.8 Å². The molecule has 2 unspecified atom stereocenters. The molecule has 0 aliphatic heterocycles. The van der Waals surface area contributed by atoms with Crippen LogP contribution in [0.2, 0.25) is 0 Å². The number of thioether (sulfide) groups is 2. The van der Waals surface area contributed by atoms with E-state index in [4.69, 9.17) is 5.73 Å². The number of nitrogens with one attached hydrogen (secondary N) is 1. The first kappa shape index (κ1) is 18.2. The first-order valence-corrected chi connectivity index (χ1v) is 9.97. The van der Waals surface area contributed by atoms with Gasteiger partial charge in [-0.1, -0.05) is 13.3 Å². The van der Waals surface area contributed by atoms with Gasteiger partial charge in [0.2, 0.25) is 5.95 Å². The molecule has 0 aliphatic carbocycles. The summed E-state index contributed by atoms with van der Waals surface area (Å²) in [7, 11) is 0. The van der Waals surface area contributed by atoms with Crippen molar-refractivity contribution in [1.82, 2.24) is 9.97 Å². The monoisotopic (exact) mass is 330 g/mol. The minimum absolute atomic E-state index is 0.0535. The third-order valence-electron chi connectivity index (χ3n) is 3.35. The van der Waals surface area contributed by atoms with Crippen molar-refractivity contribution in [2.75, 3.05) is 35.1 Å². The molecule has 0 saturated heterocycles. The molecule has 1 aromatic heterocycles. The van der Waals surface area contributed by atoms with Crippen LogP contribution < -0.4 is 11.1 Å². The van der Waals surface area contributed by atoms with Crippen LogP contribution >= 0.6 is 23.5 Å². The molecule has 0 amide bonds. The average Bonchev–Trinajstić information content (AvgIpc) is 2.47. The molecule has 0 spiro atoms. The molecule has 120 valence electrons. The lowest BCUT2D eigenvalue weighted by Crippen LogP contribution is -2.32. The summed E-state index contributed by atoms with van der Waals surface area (Å²) < 4.78 is 0. The summed E-state index contributed by atoms with van der Waals surface area (Å²) in [4.78, 5) is 7.91. The smallest absolute Gasteiger partial charge is 0.222 e. The Morgan fingerprint density at radius 2 is 2.10 bits per heavy atom. The molecule has 0 radical (unpaired) electrons. The van der Waals surface area contributed by atoms with Gasteiger partial charge in [-0.25, -0.2) is 4.98 Å². The Hall–Kier alpha value is -0.820. The SMILES string of the molecule is CCCC(CSC)C(CCSC)Nc1nc(N)ncc1O. The third-order valence-corrected chi connectivity index (χ3v) is 4.76. The standard InChI is InChI=1S/C14H26N4OS2/c1-4-5-10(9-21-3)11(6-7-20-2)17-13-12(19)8-16-14(15)18-13/h8,10-11,19H,4-7,9H2,1-3H3,(H3,15,16,17,18). The molecular weight excluding hydrogens is 304 g/mol. The van der Waals surface area contributed by atoms with Crippen molar-refractivity contribution < 1.29 is 5.11 Å². The lowest BCUT2D eigenvalue weighted by molar-refractivity contribution is 0.436. The Labute approximate surface area is 135 Å². The molecule has 0 bridgehead atoms. The number of aromatic hydroxyl groups is 1. The summed E-state index contributed by atoms with van der Waals surface area (Å²) in [5, 5.41) is 13.3. The highest BCUT2D eigenvalue weighted by Crippen LogP contribution is 2.27. The zero-order valence-electron chi connectivity index (χ0n) is 13.0. The van der Waals surface area contributed by atoms with Gasteiger partial charge < -0.3 is 16.2 Å². The Morgan fingerprint density at radius 1 is 1.33 bits per heavy atom. The minimum Gasteiger partial charge on any atom is -0.503 e. The lowest BCUT2D eigenvalue weighted by atomic mass is 9.94. The quantitative estimate of drug-likeness (QED) is 0.608. The average molecular weight is 331 g/mol. The van der Waals surface area contributed by atoms with Gasteiger partial charge >= 0.3 is 0 Å². The summed E-state index contributed by atoms with van der Waals surface area (Å²) >= 11 is 3.70. The van der Waals surface area contributed by atoms with Crippen molar-refractivity contribution in [3.8, 4) is 5.75 Å². The molecule has 0 fully saturated rings. The van der Waals surface area contributed by atoms with Crippen LogP contribution in [0.25, 0.3) is 0 Å². The Morgan fingerprint density at radius 3 is 2.71 bits per heavy atom. The van der Waals surface area contributed by atoms with Crippen LogP contribution in [-0.2, 0) is 0 Å². The number of nitrogen functional groups attached to an aromatic ring is 1. The molecule has 2 atom stereocenters. The third kappa shape index (κ3) is 6.22. The van der Waals surface area contributed by atoms with E-state index in [1.54, 1.807) is 0 Å². The zero-order valence-corrected chi connectivity index (χ0v) is 14.6. The molecule has 0 aliphatic rings. The number of nitrogens with two attached hydrogens (primary N) is 1. The van der Waals surface area contributed by atoms with E-state index < -0.39 is 0 Å². The van der Waals surface area contributed by atoms with Gasteiger partial charge in [-0.2, -0.15) is 28.5 Å². The van der Waals surface area contributed by atoms with Gasteiger partial charge in [0.25, 0.3) is 0 Å². The molecule has 1 rings (SSSR count). The highest BCUT2D eigenvalue weighted by Gasteiger charge is 2.22. The van der Waals surface area contributed by atoms with Gasteiger partial charge in [-0.15, -0.1) is 0 Å². The number of rotatable bonds is 10. The van der Waals surface area contributed by atoms with Gasteiger partial charge in [0.1, 0.15) is 0 Å². The topological polar surface area (TPSA) is 84.1 Å². The summed E-state index contributed by atoms with van der Waals surface area (Å²) in [6.45, 7) is 2.21. The van der Waals surface area contributed by atoms with Gasteiger partial charge in [-0.3, -0.25) is 0 Å². The molecule has 4 N–H and O–H groups in total. The fourth-order valence-corrected chi connectivity index (χ4v) is 3.64. The second-order valence-electron chi connectivity index (χ2n) is 5.00. The molecule has 21 heavy (non-hydrogen) atoms. The number of nitrogens with zero attached hydrogens (tertiary/aromatic N) is 2. The van der Waals surface area contributed by atoms with E-state index in [1.807, 2.05) is 23.5 Å². The van der Waals surface area contributed by atoms with E-state index in [1.165, 1.54) is 6.20 Å². The van der Waals surface area contributed by atoms with Crippen LogP contribution in [0, 0.1) is 5.92 Å². The maximum atomic E-state index is 9.90. The van der Waals surface area contributed by atoms with E-state index in [9.17, 15) is 5.11 Å². The van der Waals surface area contributed by atoms with Crippen LogP contribution in [-0.4, -0.2) is 45.1 Å². The highest BCUT2D eigenvalue weighted by atomic mass is 32.2. The molecule has 1 aromatic rings. The molecule has 5 nitrogen and oxygen atoms in total. The Bertz CT molecular complexity index is 414. The fraction of sp³-hybridized carbons (Fsp3) is 0.714. The Kier molecular flexibility index (Phi) is 8.68. The van der Waals surface area contributed by atoms with Crippen molar-refractivity contribution in [2.45, 2.75) is 32.2 Å². The van der Waals surface area contributed by atoms with E-state index in [0.717, 1.165) is 30.8 Å². The number of hydrogen-bond acceptors (Lipinski definition) is 7. The van der Waals surface area contributed by atoms with E-state index in [-0.39, 0.29) is 17.7 Å². The minimum atomic E-state index is 0.0535. The predicted octanol–water partition coefficient (Wildman–Crippen LogP) is 3.08. The lowest BCUT2D eigenvalue weighted by Gasteiger charge is -2.28. The molecular formula is C14H26N4OS2. The first-order valence-electron chi connectivity index (χ1n) is 7.18. The number of hydrogen-bond donors (Lipinski definition) is 3. The van der Waals surface area contributed by atoms with Crippen LogP contribution in [0.3, 0.4) is 0 Å². The van der Waals surface area contributed by atoms with Crippen molar-refractivity contribution in [1.29, 1.82) is 0 Å². The molecule has 7 heteroatoms. The second kappa shape index (κ2) is 10.00. The van der Waals surface area contributed by atoms with Crippen LogP contribution in [0.5, 0.6) is 5.75 Å². The van der Waals surface area contributed by atoms with Crippen molar-refractivity contribution in [3.05, 3.63) is 6.20 Å². The summed E-state index contributed by atoms with van der Waals surface area (Å²) in [6, 6.07) is 0.282. The zero-order chi connectivity index (χ0) is 15.7. The predicted molar refractivity (Wildman–Crippen MR) is 95.3 cm³/mol. The normalized spacial score (nSPS) is 13.9. The first-order chi connectivity index (χ1) is 10.1. The van der Waals surface area contributed by atoms with Crippen molar-refractivity contribution in [3.63, 3.8) is 0 Å². The van der Waals surface area contributed by atoms with Gasteiger partial charge in [0.05, 0.1) is 6.20 Å². The van der Waals surface area contributed by atoms with Crippen molar-refractivity contribution >= 4 is 35.3 Å². The number of aromatic nitrogens is 2. The van der Waals surface area contributed by atoms with E-state index in [2.05, 4.69) is 34.7 Å². The van der Waals surface area contributed by atoms with Gasteiger partial charge in [0, 0.05) is 6.04 Å². The second-order valence-corrected chi connectivity index (χ2v) is 6.89. The van der Waals surface area contributed by atoms with Crippen molar-refractivity contribution in [2.24, 2.45) is 5.92 Å². The number of anilines is 2. The largest absolute Gasteiger partial charge is 0.503 e. The van der Waals surface area contributed by atoms with Gasteiger partial charge in [0.15, 0.2) is 11.6 Å². The molecule has 0 aromatic carbocycles. The summed E-state index contributed by atoms with van der Waals surface area (Å²) in [5.74, 6) is 3.39. The van der Waals surface area contributed by atoms with Crippen LogP contribution in [0.15, 0.2) is 6.20 Å². The molecule has 1 heterocycles. The maximum Gasteiger partial charge on any atom is 0.222 e. The Balaban J connectivity index is 2.86. The van der Waals surface area contributed by atoms with E-state index in [0.29, 0.717) is 11.7 Å². The summed E-state index contributed by atoms with van der Waals surface area (Å²) in [5.41, 5.74) is 5.62.